The zero-order valence-electron chi connectivity index (χ0n) is 20.4. The fourth-order valence-corrected chi connectivity index (χ4v) is 4.74. The van der Waals surface area contributed by atoms with Gasteiger partial charge in [0.1, 0.15) is 5.75 Å². The summed E-state index contributed by atoms with van der Waals surface area (Å²) in [4.78, 5) is 42.0. The molecule has 1 atom stereocenters. The van der Waals surface area contributed by atoms with E-state index in [0.29, 0.717) is 30.8 Å². The predicted molar refractivity (Wildman–Crippen MR) is 135 cm³/mol. The van der Waals surface area contributed by atoms with Gasteiger partial charge in [-0.1, -0.05) is 36.4 Å². The van der Waals surface area contributed by atoms with Gasteiger partial charge in [0.05, 0.1) is 13.0 Å². The highest BCUT2D eigenvalue weighted by Gasteiger charge is 2.31. The van der Waals surface area contributed by atoms with Gasteiger partial charge in [0.25, 0.3) is 11.8 Å². The lowest BCUT2D eigenvalue weighted by atomic mass is 9.95. The molecule has 3 amide bonds. The molecule has 1 fully saturated rings. The minimum atomic E-state index is -0.243. The molecule has 1 N–H and O–H groups in total. The molecule has 0 radical (unpaired) electrons. The van der Waals surface area contributed by atoms with Crippen LogP contribution in [0.2, 0.25) is 0 Å². The number of piperidine rings is 1. The molecule has 0 aliphatic carbocycles. The Morgan fingerprint density at radius 3 is 2.43 bits per heavy atom. The van der Waals surface area contributed by atoms with Crippen molar-refractivity contribution in [2.75, 3.05) is 34.3 Å². The molecule has 1 aliphatic heterocycles. The molecule has 1 saturated heterocycles. The number of fused-ring (bicyclic) bond motifs is 1. The number of nitrogens with zero attached hydrogens (tertiary/aromatic N) is 2. The van der Waals surface area contributed by atoms with Gasteiger partial charge in [-0.05, 0) is 48.1 Å². The molecule has 3 aromatic carbocycles. The summed E-state index contributed by atoms with van der Waals surface area (Å²) in [6, 6.07) is 18.6. The van der Waals surface area contributed by atoms with Crippen LogP contribution in [-0.4, -0.2) is 61.8 Å². The van der Waals surface area contributed by atoms with Crippen LogP contribution in [0.5, 0.6) is 5.75 Å². The van der Waals surface area contributed by atoms with Gasteiger partial charge in [-0.3, -0.25) is 14.4 Å². The summed E-state index contributed by atoms with van der Waals surface area (Å²) >= 11 is 0. The number of hydrogen-bond acceptors (Lipinski definition) is 4. The van der Waals surface area contributed by atoms with Crippen LogP contribution in [0.3, 0.4) is 0 Å². The molecular weight excluding hydrogens is 442 g/mol. The fourth-order valence-electron chi connectivity index (χ4n) is 4.74. The van der Waals surface area contributed by atoms with Crippen molar-refractivity contribution < 1.29 is 19.1 Å². The second-order valence-electron chi connectivity index (χ2n) is 8.92. The molecule has 35 heavy (non-hydrogen) atoms. The van der Waals surface area contributed by atoms with E-state index in [2.05, 4.69) is 5.32 Å². The Labute approximate surface area is 205 Å². The van der Waals surface area contributed by atoms with Crippen LogP contribution < -0.4 is 10.1 Å². The standard InChI is InChI=1S/C28H31N3O4/c1-29-26(32)20-12-10-19(11-13-20)17-30(2)27(33)21-7-6-16-31(18-21)28(34)24-14-15-25(35-3)23-9-5-4-8-22(23)24/h4-5,8-15,21H,6-7,16-18H2,1-3H3,(H,29,32)/t21-/m1/s1. The van der Waals surface area contributed by atoms with Crippen LogP contribution in [0.4, 0.5) is 0 Å². The quantitative estimate of drug-likeness (QED) is 0.592. The molecule has 3 aromatic rings. The highest BCUT2D eigenvalue weighted by molar-refractivity contribution is 6.08. The summed E-state index contributed by atoms with van der Waals surface area (Å²) in [6.07, 6.45) is 1.54. The van der Waals surface area contributed by atoms with Crippen LogP contribution in [0.1, 0.15) is 39.1 Å². The SMILES string of the molecule is CNC(=O)c1ccc(CN(C)C(=O)[C@@H]2CCCN(C(=O)c3ccc(OC)c4ccccc34)C2)cc1. The van der Waals surface area contributed by atoms with E-state index in [1.54, 1.807) is 43.1 Å². The van der Waals surface area contributed by atoms with Crippen molar-refractivity contribution in [3.63, 3.8) is 0 Å². The van der Waals surface area contributed by atoms with Crippen molar-refractivity contribution in [1.29, 1.82) is 0 Å². The molecule has 1 aliphatic rings. The first-order valence-electron chi connectivity index (χ1n) is 11.8. The average molecular weight is 474 g/mol. The normalized spacial score (nSPS) is 15.5. The number of carbonyl (C=O) groups is 3. The van der Waals surface area contributed by atoms with Crippen LogP contribution >= 0.6 is 0 Å². The fraction of sp³-hybridized carbons (Fsp3) is 0.321. The third-order valence-corrected chi connectivity index (χ3v) is 6.63. The third kappa shape index (κ3) is 5.14. The zero-order chi connectivity index (χ0) is 24.9. The highest BCUT2D eigenvalue weighted by Crippen LogP contribution is 2.30. The number of likely N-dealkylation sites (tertiary alicyclic amines) is 1. The first kappa shape index (κ1) is 24.3. The lowest BCUT2D eigenvalue weighted by Crippen LogP contribution is -2.45. The number of hydrogen-bond donors (Lipinski definition) is 1. The van der Waals surface area contributed by atoms with Crippen molar-refractivity contribution in [3.05, 3.63) is 77.4 Å². The molecule has 0 spiro atoms. The Morgan fingerprint density at radius 2 is 1.74 bits per heavy atom. The molecule has 0 saturated carbocycles. The Morgan fingerprint density at radius 1 is 1.03 bits per heavy atom. The number of methoxy groups -OCH3 is 1. The summed E-state index contributed by atoms with van der Waals surface area (Å²) in [6.45, 7) is 1.48. The van der Waals surface area contributed by atoms with Crippen LogP contribution in [0.25, 0.3) is 10.8 Å². The maximum atomic E-state index is 13.5. The van der Waals surface area contributed by atoms with Gasteiger partial charge in [-0.25, -0.2) is 0 Å². The smallest absolute Gasteiger partial charge is 0.254 e. The second-order valence-corrected chi connectivity index (χ2v) is 8.92. The Kier molecular flexibility index (Phi) is 7.34. The number of nitrogens with one attached hydrogen (secondary N) is 1. The minimum absolute atomic E-state index is 0.0254. The van der Waals surface area contributed by atoms with E-state index in [9.17, 15) is 14.4 Å². The summed E-state index contributed by atoms with van der Waals surface area (Å²) in [5.74, 6) is 0.310. The van der Waals surface area contributed by atoms with Crippen molar-refractivity contribution in [2.45, 2.75) is 19.4 Å². The van der Waals surface area contributed by atoms with Gasteiger partial charge >= 0.3 is 0 Å². The number of amides is 3. The van der Waals surface area contributed by atoms with E-state index in [1.807, 2.05) is 48.5 Å². The van der Waals surface area contributed by atoms with Crippen LogP contribution in [0.15, 0.2) is 60.7 Å². The van der Waals surface area contributed by atoms with Gasteiger partial charge < -0.3 is 19.9 Å². The minimum Gasteiger partial charge on any atom is -0.496 e. The summed E-state index contributed by atoms with van der Waals surface area (Å²) in [5, 5.41) is 4.35. The van der Waals surface area contributed by atoms with Gasteiger partial charge in [-0.2, -0.15) is 0 Å². The first-order valence-corrected chi connectivity index (χ1v) is 11.8. The molecule has 7 nitrogen and oxygen atoms in total. The molecule has 4 rings (SSSR count). The van der Waals surface area contributed by atoms with E-state index >= 15 is 0 Å². The maximum Gasteiger partial charge on any atom is 0.254 e. The lowest BCUT2D eigenvalue weighted by molar-refractivity contribution is -0.136. The van der Waals surface area contributed by atoms with Crippen LogP contribution in [-0.2, 0) is 11.3 Å². The van der Waals surface area contributed by atoms with E-state index in [-0.39, 0.29) is 23.6 Å². The third-order valence-electron chi connectivity index (χ3n) is 6.63. The summed E-state index contributed by atoms with van der Waals surface area (Å²) in [5.41, 5.74) is 2.15. The lowest BCUT2D eigenvalue weighted by Gasteiger charge is -2.34. The van der Waals surface area contributed by atoms with Gasteiger partial charge in [0.15, 0.2) is 0 Å². The molecule has 0 bridgehead atoms. The van der Waals surface area contributed by atoms with E-state index in [0.717, 1.165) is 34.9 Å². The molecule has 182 valence electrons. The maximum absolute atomic E-state index is 13.5. The average Bonchev–Trinajstić information content (AvgIpc) is 2.91. The van der Waals surface area contributed by atoms with E-state index in [1.165, 1.54) is 0 Å². The monoisotopic (exact) mass is 473 g/mol. The number of carbonyl (C=O) groups excluding carboxylic acids is 3. The van der Waals surface area contributed by atoms with E-state index < -0.39 is 0 Å². The molecule has 0 aromatic heterocycles. The van der Waals surface area contributed by atoms with Crippen molar-refractivity contribution in [3.8, 4) is 5.75 Å². The van der Waals surface area contributed by atoms with Crippen molar-refractivity contribution in [2.24, 2.45) is 5.92 Å². The predicted octanol–water partition coefficient (Wildman–Crippen LogP) is 3.72. The number of rotatable bonds is 6. The second kappa shape index (κ2) is 10.6. The number of ether oxygens (including phenoxy) is 1. The summed E-state index contributed by atoms with van der Waals surface area (Å²) in [7, 11) is 5.00. The summed E-state index contributed by atoms with van der Waals surface area (Å²) < 4.78 is 5.46. The molecule has 1 heterocycles. The largest absolute Gasteiger partial charge is 0.496 e. The number of benzene rings is 3. The highest BCUT2D eigenvalue weighted by atomic mass is 16.5. The van der Waals surface area contributed by atoms with E-state index in [4.69, 9.17) is 4.74 Å². The molecule has 0 unspecified atom stereocenters. The van der Waals surface area contributed by atoms with Crippen LogP contribution in [0, 0.1) is 5.92 Å². The molecule has 7 heteroatoms. The van der Waals surface area contributed by atoms with Crippen molar-refractivity contribution in [1.82, 2.24) is 15.1 Å². The zero-order valence-corrected chi connectivity index (χ0v) is 20.4. The van der Waals surface area contributed by atoms with Gasteiger partial charge in [-0.15, -0.1) is 0 Å². The van der Waals surface area contributed by atoms with Gasteiger partial charge in [0.2, 0.25) is 5.91 Å². The van der Waals surface area contributed by atoms with Crippen molar-refractivity contribution >= 4 is 28.5 Å². The molecular formula is C28H31N3O4. The Balaban J connectivity index is 1.45. The topological polar surface area (TPSA) is 79.0 Å². The Bertz CT molecular complexity index is 1240. The first-order chi connectivity index (χ1) is 16.9. The van der Waals surface area contributed by atoms with Gasteiger partial charge in [0, 0.05) is 50.2 Å². The Hall–Kier alpha value is -3.87.